The highest BCUT2D eigenvalue weighted by Crippen LogP contribution is 2.27. The van der Waals surface area contributed by atoms with Crippen molar-refractivity contribution in [3.05, 3.63) is 18.3 Å². The molecule has 0 saturated heterocycles. The topological polar surface area (TPSA) is 49.2 Å². The number of hydrogen-bond acceptors (Lipinski definition) is 4. The molecule has 0 spiro atoms. The maximum absolute atomic E-state index is 8.78. The van der Waals surface area contributed by atoms with E-state index in [2.05, 4.69) is 29.8 Å². The van der Waals surface area contributed by atoms with Gasteiger partial charge in [-0.15, -0.1) is 0 Å². The first kappa shape index (κ1) is 15.3. The Labute approximate surface area is 116 Å². The van der Waals surface area contributed by atoms with E-state index in [0.717, 1.165) is 18.1 Å². The zero-order valence-corrected chi connectivity index (χ0v) is 12.3. The summed E-state index contributed by atoms with van der Waals surface area (Å²) in [5.74, 6) is 2.13. The highest BCUT2D eigenvalue weighted by atomic mass is 16.5. The van der Waals surface area contributed by atoms with E-state index in [-0.39, 0.29) is 6.10 Å². The Balaban J connectivity index is 2.96. The Bertz CT molecular complexity index is 424. The maximum atomic E-state index is 8.78. The summed E-state index contributed by atoms with van der Waals surface area (Å²) in [5.41, 5.74) is 0. The van der Waals surface area contributed by atoms with Gasteiger partial charge in [0, 0.05) is 19.3 Å². The van der Waals surface area contributed by atoms with Crippen molar-refractivity contribution in [2.75, 3.05) is 18.0 Å². The van der Waals surface area contributed by atoms with E-state index in [1.165, 1.54) is 0 Å². The van der Waals surface area contributed by atoms with Gasteiger partial charge in [-0.05, 0) is 31.9 Å². The smallest absolute Gasteiger partial charge is 0.171 e. The number of aromatic nitrogens is 1. The summed E-state index contributed by atoms with van der Waals surface area (Å²) in [6, 6.07) is 6.00. The fourth-order valence-electron chi connectivity index (χ4n) is 1.88. The molecule has 19 heavy (non-hydrogen) atoms. The average molecular weight is 261 g/mol. The number of anilines is 1. The largest absolute Gasteiger partial charge is 0.487 e. The number of nitrogens with zero attached hydrogens (tertiary/aromatic N) is 3. The van der Waals surface area contributed by atoms with Gasteiger partial charge < -0.3 is 9.64 Å². The van der Waals surface area contributed by atoms with Gasteiger partial charge in [0.2, 0.25) is 0 Å². The summed E-state index contributed by atoms with van der Waals surface area (Å²) in [5, 5.41) is 8.78. The predicted molar refractivity (Wildman–Crippen MR) is 77.3 cm³/mol. The lowest BCUT2D eigenvalue weighted by molar-refractivity contribution is 0.242. The van der Waals surface area contributed by atoms with Crippen molar-refractivity contribution >= 4 is 5.82 Å². The molecule has 0 fully saturated rings. The van der Waals surface area contributed by atoms with Crippen molar-refractivity contribution in [1.29, 1.82) is 5.26 Å². The molecule has 0 unspecified atom stereocenters. The normalized spacial score (nSPS) is 10.6. The van der Waals surface area contributed by atoms with E-state index in [1.807, 2.05) is 26.0 Å². The second kappa shape index (κ2) is 7.63. The highest BCUT2D eigenvalue weighted by Gasteiger charge is 2.15. The third-order valence-electron chi connectivity index (χ3n) is 2.49. The molecular formula is C15H23N3O. The molecule has 1 aromatic heterocycles. The van der Waals surface area contributed by atoms with Crippen LogP contribution in [-0.4, -0.2) is 24.2 Å². The third kappa shape index (κ3) is 5.17. The second-order valence-electron chi connectivity index (χ2n) is 5.24. The van der Waals surface area contributed by atoms with E-state index in [9.17, 15) is 0 Å². The van der Waals surface area contributed by atoms with Gasteiger partial charge in [0.1, 0.15) is 0 Å². The molecule has 0 radical (unpaired) electrons. The van der Waals surface area contributed by atoms with E-state index in [0.29, 0.717) is 18.9 Å². The van der Waals surface area contributed by atoms with Crippen LogP contribution in [-0.2, 0) is 0 Å². The average Bonchev–Trinajstić information content (AvgIpc) is 2.34. The monoisotopic (exact) mass is 261 g/mol. The van der Waals surface area contributed by atoms with Gasteiger partial charge >= 0.3 is 0 Å². The van der Waals surface area contributed by atoms with Crippen LogP contribution in [0, 0.1) is 17.2 Å². The Hall–Kier alpha value is -1.76. The summed E-state index contributed by atoms with van der Waals surface area (Å²) < 4.78 is 5.80. The Morgan fingerprint density at radius 1 is 1.37 bits per heavy atom. The lowest BCUT2D eigenvalue weighted by Crippen LogP contribution is -2.30. The first-order valence-electron chi connectivity index (χ1n) is 6.78. The van der Waals surface area contributed by atoms with Crippen LogP contribution in [0.1, 0.15) is 34.1 Å². The summed E-state index contributed by atoms with van der Waals surface area (Å²) >= 11 is 0. The van der Waals surface area contributed by atoms with Crippen molar-refractivity contribution < 1.29 is 4.74 Å². The van der Waals surface area contributed by atoms with Crippen molar-refractivity contribution in [2.45, 2.75) is 40.2 Å². The van der Waals surface area contributed by atoms with E-state index >= 15 is 0 Å². The number of rotatable bonds is 7. The van der Waals surface area contributed by atoms with Gasteiger partial charge in [0.25, 0.3) is 0 Å². The van der Waals surface area contributed by atoms with Gasteiger partial charge in [0.15, 0.2) is 11.6 Å². The van der Waals surface area contributed by atoms with Gasteiger partial charge in [-0.25, -0.2) is 4.98 Å². The molecule has 0 aliphatic carbocycles. The fraction of sp³-hybridized carbons (Fsp3) is 0.600. The standard InChI is InChI=1S/C15H23N3O/c1-12(2)11-18(10-6-8-16)15-14(19-13(3)4)7-5-9-17-15/h5,7,9,12-13H,6,10-11H2,1-4H3. The molecule has 1 aromatic rings. The van der Waals surface area contributed by atoms with Crippen LogP contribution in [0.4, 0.5) is 5.82 Å². The Kier molecular flexibility index (Phi) is 6.14. The molecule has 0 saturated carbocycles. The molecule has 0 aliphatic heterocycles. The van der Waals surface area contributed by atoms with Crippen LogP contribution in [0.5, 0.6) is 5.75 Å². The number of ether oxygens (including phenoxy) is 1. The van der Waals surface area contributed by atoms with Gasteiger partial charge in [0.05, 0.1) is 18.6 Å². The fourth-order valence-corrected chi connectivity index (χ4v) is 1.88. The third-order valence-corrected chi connectivity index (χ3v) is 2.49. The summed E-state index contributed by atoms with van der Waals surface area (Å²) in [4.78, 5) is 6.56. The van der Waals surface area contributed by atoms with Crippen LogP contribution in [0.2, 0.25) is 0 Å². The van der Waals surface area contributed by atoms with Gasteiger partial charge in [-0.2, -0.15) is 5.26 Å². The molecule has 0 bridgehead atoms. The molecule has 1 rings (SSSR count). The molecule has 0 atom stereocenters. The predicted octanol–water partition coefficient (Wildman–Crippen LogP) is 3.24. The van der Waals surface area contributed by atoms with Crippen molar-refractivity contribution in [2.24, 2.45) is 5.92 Å². The quantitative estimate of drug-likeness (QED) is 0.756. The SMILES string of the molecule is CC(C)CN(CCC#N)c1ncccc1OC(C)C. The molecular weight excluding hydrogens is 238 g/mol. The molecule has 0 aliphatic rings. The highest BCUT2D eigenvalue weighted by molar-refractivity contribution is 5.52. The first-order valence-corrected chi connectivity index (χ1v) is 6.78. The van der Waals surface area contributed by atoms with Crippen LogP contribution in [0.25, 0.3) is 0 Å². The van der Waals surface area contributed by atoms with Crippen LogP contribution >= 0.6 is 0 Å². The summed E-state index contributed by atoms with van der Waals surface area (Å²) in [6.07, 6.45) is 2.37. The first-order chi connectivity index (χ1) is 9.04. The Morgan fingerprint density at radius 2 is 2.11 bits per heavy atom. The van der Waals surface area contributed by atoms with Crippen LogP contribution in [0.3, 0.4) is 0 Å². The van der Waals surface area contributed by atoms with Crippen molar-refractivity contribution in [3.63, 3.8) is 0 Å². The van der Waals surface area contributed by atoms with E-state index in [1.54, 1.807) is 6.20 Å². The minimum atomic E-state index is 0.111. The van der Waals surface area contributed by atoms with Gasteiger partial charge in [-0.1, -0.05) is 13.8 Å². The number of pyridine rings is 1. The number of nitriles is 1. The molecule has 104 valence electrons. The lowest BCUT2D eigenvalue weighted by atomic mass is 10.2. The van der Waals surface area contributed by atoms with Crippen LogP contribution in [0.15, 0.2) is 18.3 Å². The maximum Gasteiger partial charge on any atom is 0.171 e. The summed E-state index contributed by atoms with van der Waals surface area (Å²) in [6.45, 7) is 9.86. The van der Waals surface area contributed by atoms with E-state index in [4.69, 9.17) is 10.00 Å². The zero-order chi connectivity index (χ0) is 14.3. The zero-order valence-electron chi connectivity index (χ0n) is 12.3. The molecule has 4 heteroatoms. The Morgan fingerprint density at radius 3 is 2.68 bits per heavy atom. The van der Waals surface area contributed by atoms with Crippen molar-refractivity contribution in [1.82, 2.24) is 4.98 Å². The minimum Gasteiger partial charge on any atom is -0.487 e. The van der Waals surface area contributed by atoms with Crippen molar-refractivity contribution in [3.8, 4) is 11.8 Å². The molecule has 0 amide bonds. The number of hydrogen-bond donors (Lipinski definition) is 0. The lowest BCUT2D eigenvalue weighted by Gasteiger charge is -2.27. The minimum absolute atomic E-state index is 0.111. The molecule has 4 nitrogen and oxygen atoms in total. The second-order valence-corrected chi connectivity index (χ2v) is 5.24. The molecule has 0 N–H and O–H groups in total. The molecule has 0 aromatic carbocycles. The van der Waals surface area contributed by atoms with Crippen LogP contribution < -0.4 is 9.64 Å². The summed E-state index contributed by atoms with van der Waals surface area (Å²) in [7, 11) is 0. The van der Waals surface area contributed by atoms with Gasteiger partial charge in [-0.3, -0.25) is 0 Å². The van der Waals surface area contributed by atoms with E-state index < -0.39 is 0 Å². The molecule has 1 heterocycles.